The molecule has 0 saturated heterocycles. The minimum atomic E-state index is -1.55. The number of hydrogen-bond acceptors (Lipinski definition) is 11. The molecule has 23 nitrogen and oxygen atoms in total. The van der Waals surface area contributed by atoms with E-state index in [9.17, 15) is 58.5 Å². The molecule has 24 heteroatoms. The van der Waals surface area contributed by atoms with E-state index in [0.29, 0.717) is 42.7 Å². The van der Waals surface area contributed by atoms with E-state index in [0.717, 1.165) is 11.1 Å². The van der Waals surface area contributed by atoms with Gasteiger partial charge in [-0.15, -0.1) is 0 Å². The number of nitrogens with zero attached hydrogens (tertiary/aromatic N) is 4. The maximum Gasteiger partial charge on any atom is 0.326 e. The maximum atomic E-state index is 13.8. The van der Waals surface area contributed by atoms with Gasteiger partial charge in [0.1, 0.15) is 29.9 Å². The Morgan fingerprint density at radius 2 is 1.22 bits per heavy atom. The Bertz CT molecular complexity index is 2390. The van der Waals surface area contributed by atoms with Crippen LogP contribution in [-0.4, -0.2) is 129 Å². The van der Waals surface area contributed by atoms with E-state index in [1.54, 1.807) is 65.6 Å². The standard InChI is InChI=1S/C50H65ClN10O13/c51-36-14-9-13-35(29-36)32-61(28-8-6-15-38(48(70)71)58-50(74)59-39(49(72)73)21-24-45(66)67)44(65)16-5-2-7-25-53-42(63)22-23-43(64)56-41(30-33-11-3-1-4-12-33)47(69)57-40(31-34-17-19-37(62)20-18-34)46(68)54-26-10-27-55-60-52/h1,3-4,9,11-14,17-20,29,38-41,62H,2,5-8,10,15-16,21-28,30-32H2,(H,53,63)(H,54,68)(H,56,64)(H,57,69)(H,66,67)(H,70,71)(H,72,73)(H2,58,59,74)/t38-,39-,40-,41-/m0/s1. The number of nitrogens with one attached hydrogen (secondary N) is 6. The van der Waals surface area contributed by atoms with Crippen LogP contribution in [0.15, 0.2) is 84.0 Å². The number of azide groups is 1. The predicted octanol–water partition coefficient (Wildman–Crippen LogP) is 4.34. The van der Waals surface area contributed by atoms with Crippen molar-refractivity contribution in [1.29, 1.82) is 0 Å². The molecule has 7 amide bonds. The van der Waals surface area contributed by atoms with E-state index in [-0.39, 0.29) is 89.3 Å². The molecular weight excluding hydrogens is 984 g/mol. The van der Waals surface area contributed by atoms with Crippen LogP contribution >= 0.6 is 11.6 Å². The number of aliphatic carboxylic acids is 3. The second-order valence-electron chi connectivity index (χ2n) is 17.3. The van der Waals surface area contributed by atoms with Gasteiger partial charge in [0.05, 0.1) is 0 Å². The second kappa shape index (κ2) is 33.7. The Morgan fingerprint density at radius 3 is 1.86 bits per heavy atom. The first-order valence-corrected chi connectivity index (χ1v) is 24.5. The van der Waals surface area contributed by atoms with Gasteiger partial charge in [-0.25, -0.2) is 14.4 Å². The zero-order valence-corrected chi connectivity index (χ0v) is 41.6. The molecule has 0 heterocycles. The van der Waals surface area contributed by atoms with Gasteiger partial charge in [0.25, 0.3) is 0 Å². The fourth-order valence-corrected chi connectivity index (χ4v) is 7.64. The molecule has 3 rings (SSSR count). The predicted molar refractivity (Wildman–Crippen MR) is 270 cm³/mol. The Hall–Kier alpha value is -7.91. The molecule has 0 bridgehead atoms. The number of carbonyl (C=O) groups excluding carboxylic acids is 6. The van der Waals surface area contributed by atoms with E-state index in [4.69, 9.17) is 22.2 Å². The Balaban J connectivity index is 1.49. The van der Waals surface area contributed by atoms with E-state index in [2.05, 4.69) is 41.9 Å². The molecule has 0 spiro atoms. The smallest absolute Gasteiger partial charge is 0.326 e. The van der Waals surface area contributed by atoms with E-state index in [1.807, 2.05) is 6.07 Å². The molecule has 0 aromatic heterocycles. The lowest BCUT2D eigenvalue weighted by Gasteiger charge is -2.24. The van der Waals surface area contributed by atoms with Gasteiger partial charge in [-0.2, -0.15) is 0 Å². The van der Waals surface area contributed by atoms with Crippen LogP contribution in [0.5, 0.6) is 5.75 Å². The highest BCUT2D eigenvalue weighted by Gasteiger charge is 2.28. The zero-order valence-electron chi connectivity index (χ0n) is 40.9. The molecule has 0 aliphatic carbocycles. The monoisotopic (exact) mass is 1050 g/mol. The van der Waals surface area contributed by atoms with Crippen molar-refractivity contribution in [3.63, 3.8) is 0 Å². The van der Waals surface area contributed by atoms with Crippen LogP contribution in [0.25, 0.3) is 10.4 Å². The Morgan fingerprint density at radius 1 is 0.595 bits per heavy atom. The lowest BCUT2D eigenvalue weighted by molar-refractivity contribution is -0.141. The fourth-order valence-electron chi connectivity index (χ4n) is 7.42. The molecule has 0 saturated carbocycles. The highest BCUT2D eigenvalue weighted by molar-refractivity contribution is 6.30. The van der Waals surface area contributed by atoms with Gasteiger partial charge in [0.2, 0.25) is 29.5 Å². The number of carboxylic acids is 3. The van der Waals surface area contributed by atoms with Crippen molar-refractivity contribution in [2.75, 3.05) is 26.2 Å². The van der Waals surface area contributed by atoms with Gasteiger partial charge in [-0.3, -0.25) is 28.8 Å². The van der Waals surface area contributed by atoms with Crippen molar-refractivity contribution < 1.29 is 63.6 Å². The van der Waals surface area contributed by atoms with Gasteiger partial charge in [0.15, 0.2) is 0 Å². The number of phenolic OH excluding ortho intramolecular Hbond substituents is 1. The molecular formula is C50H65ClN10O13. The first-order valence-electron chi connectivity index (χ1n) is 24.2. The highest BCUT2D eigenvalue weighted by Crippen LogP contribution is 2.17. The highest BCUT2D eigenvalue weighted by atomic mass is 35.5. The first kappa shape index (κ1) is 60.4. The second-order valence-corrected chi connectivity index (χ2v) is 17.7. The summed E-state index contributed by atoms with van der Waals surface area (Å²) in [4.78, 5) is 118. The molecule has 0 aliphatic rings. The van der Waals surface area contributed by atoms with Crippen molar-refractivity contribution in [3.8, 4) is 5.75 Å². The van der Waals surface area contributed by atoms with Crippen molar-refractivity contribution in [2.24, 2.45) is 5.11 Å². The number of benzene rings is 3. The van der Waals surface area contributed by atoms with Crippen molar-refractivity contribution in [2.45, 2.75) is 121 Å². The molecule has 0 radical (unpaired) electrons. The molecule has 400 valence electrons. The summed E-state index contributed by atoms with van der Waals surface area (Å²) in [7, 11) is 0. The van der Waals surface area contributed by atoms with E-state index in [1.165, 1.54) is 12.1 Å². The SMILES string of the molecule is [N-]=[N+]=NCCCNC(=O)[C@H](Cc1ccc(O)cc1)NC(=O)[C@H](Cc1ccccc1)NC(=O)CCC(=O)NCCCCCC(=O)N(CCCC[C@H](NC(=O)N[C@@H](CCC(=O)O)C(=O)O)C(=O)O)Cc1cccc(Cl)c1. The number of aromatic hydroxyl groups is 1. The molecule has 0 unspecified atom stereocenters. The number of unbranched alkanes of at least 4 members (excludes halogenated alkanes) is 3. The lowest BCUT2D eigenvalue weighted by Crippen LogP contribution is -2.55. The van der Waals surface area contributed by atoms with Gasteiger partial charge in [-0.1, -0.05) is 77.7 Å². The molecule has 0 fully saturated rings. The summed E-state index contributed by atoms with van der Waals surface area (Å²) in [6.07, 6.45) is 1.46. The van der Waals surface area contributed by atoms with Crippen molar-refractivity contribution in [1.82, 2.24) is 36.8 Å². The van der Waals surface area contributed by atoms with Gasteiger partial charge in [0, 0.05) is 81.2 Å². The molecule has 0 aliphatic heterocycles. The van der Waals surface area contributed by atoms with Crippen molar-refractivity contribution in [3.05, 3.63) is 111 Å². The first-order chi connectivity index (χ1) is 35.4. The maximum absolute atomic E-state index is 13.8. The quantitative estimate of drug-likeness (QED) is 0.0170. The zero-order chi connectivity index (χ0) is 54.3. The van der Waals surface area contributed by atoms with E-state index >= 15 is 0 Å². The summed E-state index contributed by atoms with van der Waals surface area (Å²) in [5.74, 6) is -6.39. The molecule has 3 aromatic rings. The Labute approximate surface area is 432 Å². The average molecular weight is 1050 g/mol. The third kappa shape index (κ3) is 25.0. The number of halogens is 1. The summed E-state index contributed by atoms with van der Waals surface area (Å²) >= 11 is 6.19. The molecule has 4 atom stereocenters. The summed E-state index contributed by atoms with van der Waals surface area (Å²) < 4.78 is 0. The summed E-state index contributed by atoms with van der Waals surface area (Å²) in [6.45, 7) is 1.06. The fraction of sp³-hybridized carbons (Fsp3) is 0.460. The van der Waals surface area contributed by atoms with Crippen LogP contribution in [0.3, 0.4) is 0 Å². The number of carboxylic acid groups (broad SMARTS) is 3. The number of amides is 7. The number of urea groups is 1. The van der Waals surface area contributed by atoms with E-state index < -0.39 is 84.6 Å². The topological polar surface area (TPSA) is 359 Å². The largest absolute Gasteiger partial charge is 0.508 e. The summed E-state index contributed by atoms with van der Waals surface area (Å²) in [6, 6.07) is 15.8. The minimum Gasteiger partial charge on any atom is -0.508 e. The minimum absolute atomic E-state index is 0.0219. The van der Waals surface area contributed by atoms with Crippen LogP contribution in [-0.2, 0) is 57.7 Å². The summed E-state index contributed by atoms with van der Waals surface area (Å²) in [5, 5.41) is 56.8. The van der Waals surface area contributed by atoms with Crippen LogP contribution < -0.4 is 31.9 Å². The van der Waals surface area contributed by atoms with Crippen molar-refractivity contribution >= 4 is 65.1 Å². The number of hydrogen-bond donors (Lipinski definition) is 10. The van der Waals surface area contributed by atoms with Gasteiger partial charge in [-0.05, 0) is 91.4 Å². The van der Waals surface area contributed by atoms with Gasteiger partial charge < -0.3 is 57.2 Å². The normalized spacial score (nSPS) is 12.3. The third-order valence-electron chi connectivity index (χ3n) is 11.3. The molecule has 74 heavy (non-hydrogen) atoms. The number of carbonyl (C=O) groups is 9. The Kier molecular flexibility index (Phi) is 27.5. The lowest BCUT2D eigenvalue weighted by atomic mass is 10.0. The van der Waals surface area contributed by atoms with Crippen LogP contribution in [0, 0.1) is 0 Å². The molecule has 10 N–H and O–H groups in total. The molecule has 3 aromatic carbocycles. The van der Waals surface area contributed by atoms with Gasteiger partial charge >= 0.3 is 23.9 Å². The third-order valence-corrected chi connectivity index (χ3v) is 11.6. The van der Waals surface area contributed by atoms with Crippen LogP contribution in [0.2, 0.25) is 5.02 Å². The summed E-state index contributed by atoms with van der Waals surface area (Å²) in [5.41, 5.74) is 10.7. The average Bonchev–Trinajstić information content (AvgIpc) is 3.36. The number of phenols is 1. The number of rotatable bonds is 35. The van der Waals surface area contributed by atoms with Crippen LogP contribution in [0.1, 0.15) is 93.7 Å². The van der Waals surface area contributed by atoms with Crippen LogP contribution in [0.4, 0.5) is 4.79 Å².